The maximum Gasteiger partial charge on any atom is 0.271 e. The Morgan fingerprint density at radius 2 is 1.66 bits per heavy atom. The SMILES string of the molecule is CC(C)[C@@H]1NC(=O)c2csc(n2)[C@H](Cc2ccccc2)NC(=O)CN(C(=O)[C@@H]2CCCN2C)CCCNC(=O)c2csc1n2. The van der Waals surface area contributed by atoms with Gasteiger partial charge in [-0.3, -0.25) is 24.1 Å². The molecule has 0 radical (unpaired) electrons. The Balaban J connectivity index is 1.45. The van der Waals surface area contributed by atoms with Crippen molar-refractivity contribution >= 4 is 46.3 Å². The summed E-state index contributed by atoms with van der Waals surface area (Å²) in [7, 11) is 1.93. The summed E-state index contributed by atoms with van der Waals surface area (Å²) in [5.41, 5.74) is 1.53. The lowest BCUT2D eigenvalue weighted by atomic mass is 10.0. The molecule has 11 nitrogen and oxygen atoms in total. The molecule has 1 fully saturated rings. The number of nitrogens with zero attached hydrogens (tertiary/aromatic N) is 4. The van der Waals surface area contributed by atoms with Crippen LogP contribution in [0.5, 0.6) is 0 Å². The molecule has 44 heavy (non-hydrogen) atoms. The van der Waals surface area contributed by atoms with Crippen molar-refractivity contribution < 1.29 is 19.2 Å². The van der Waals surface area contributed by atoms with Gasteiger partial charge in [-0.1, -0.05) is 44.2 Å². The number of likely N-dealkylation sites (tertiary alicyclic amines) is 1. The van der Waals surface area contributed by atoms with Crippen LogP contribution >= 0.6 is 22.7 Å². The van der Waals surface area contributed by atoms with E-state index in [2.05, 4.69) is 25.9 Å². The maximum absolute atomic E-state index is 13.6. The number of nitrogens with one attached hydrogen (secondary N) is 3. The van der Waals surface area contributed by atoms with E-state index in [1.54, 1.807) is 15.7 Å². The highest BCUT2D eigenvalue weighted by atomic mass is 32.1. The smallest absolute Gasteiger partial charge is 0.271 e. The number of benzene rings is 1. The van der Waals surface area contributed by atoms with E-state index in [4.69, 9.17) is 0 Å². The average molecular weight is 638 g/mol. The molecule has 0 aliphatic carbocycles. The molecule has 0 saturated carbocycles. The van der Waals surface area contributed by atoms with Crippen LogP contribution in [0.1, 0.15) is 81.7 Å². The third kappa shape index (κ3) is 7.69. The van der Waals surface area contributed by atoms with Crippen LogP contribution in [-0.4, -0.2) is 82.7 Å². The van der Waals surface area contributed by atoms with E-state index >= 15 is 0 Å². The summed E-state index contributed by atoms with van der Waals surface area (Å²) in [6.45, 7) is 5.31. The van der Waals surface area contributed by atoms with Crippen molar-refractivity contribution in [2.45, 2.75) is 57.7 Å². The van der Waals surface area contributed by atoms with Gasteiger partial charge in [0.05, 0.1) is 24.7 Å². The third-order valence-electron chi connectivity index (χ3n) is 7.99. The lowest BCUT2D eigenvalue weighted by molar-refractivity contribution is -0.139. The molecule has 2 aliphatic heterocycles. The van der Waals surface area contributed by atoms with Gasteiger partial charge in [-0.15, -0.1) is 22.7 Å². The number of thiazole rings is 2. The second-order valence-corrected chi connectivity index (χ2v) is 13.4. The molecule has 0 unspecified atom stereocenters. The first-order valence-corrected chi connectivity index (χ1v) is 16.8. The molecule has 1 aromatic carbocycles. The predicted molar refractivity (Wildman–Crippen MR) is 169 cm³/mol. The van der Waals surface area contributed by atoms with Crippen molar-refractivity contribution in [3.05, 3.63) is 68.1 Å². The summed E-state index contributed by atoms with van der Waals surface area (Å²) >= 11 is 2.64. The number of hydrogen-bond acceptors (Lipinski definition) is 9. The Morgan fingerprint density at radius 3 is 2.36 bits per heavy atom. The highest BCUT2D eigenvalue weighted by molar-refractivity contribution is 7.10. The topological polar surface area (TPSA) is 137 Å². The zero-order valence-corrected chi connectivity index (χ0v) is 26.9. The largest absolute Gasteiger partial charge is 0.351 e. The molecule has 234 valence electrons. The molecule has 3 aromatic rings. The van der Waals surface area contributed by atoms with Gasteiger partial charge >= 0.3 is 0 Å². The molecule has 4 heterocycles. The van der Waals surface area contributed by atoms with E-state index in [1.165, 1.54) is 22.7 Å². The van der Waals surface area contributed by atoms with Gasteiger partial charge in [-0.05, 0) is 50.8 Å². The van der Waals surface area contributed by atoms with Crippen LogP contribution in [0.4, 0.5) is 0 Å². The summed E-state index contributed by atoms with van der Waals surface area (Å²) in [6, 6.07) is 8.60. The van der Waals surface area contributed by atoms with Crippen molar-refractivity contribution in [2.75, 3.05) is 33.2 Å². The van der Waals surface area contributed by atoms with Gasteiger partial charge in [-0.2, -0.15) is 0 Å². The van der Waals surface area contributed by atoms with Gasteiger partial charge < -0.3 is 20.9 Å². The molecule has 5 rings (SSSR count). The number of carbonyl (C=O) groups is 4. The van der Waals surface area contributed by atoms with Crippen molar-refractivity contribution in [1.29, 1.82) is 0 Å². The molecule has 3 N–H and O–H groups in total. The standard InChI is InChI=1S/C31H39N7O4S2/c1-19(2)26-30-35-22(17-44-30)27(40)32-12-8-14-38(31(42)24-11-7-13-37(24)3)16-25(39)33-21(15-20-9-5-4-6-10-20)29-34-23(18-43-29)28(41)36-26/h4-6,9-10,17-19,21,24,26H,7-8,11-16H2,1-3H3,(H,32,40)(H,33,39)(H,36,41)/t21-,24-,26-/m0/s1. The predicted octanol–water partition coefficient (Wildman–Crippen LogP) is 3.18. The average Bonchev–Trinajstić information content (AvgIpc) is 3.78. The second kappa shape index (κ2) is 14.4. The Hall–Kier alpha value is -3.68. The minimum absolute atomic E-state index is 0.0146. The summed E-state index contributed by atoms with van der Waals surface area (Å²) in [5.74, 6) is -1.06. The van der Waals surface area contributed by atoms with Crippen LogP contribution in [0.25, 0.3) is 0 Å². The monoisotopic (exact) mass is 637 g/mol. The Bertz CT molecular complexity index is 1470. The van der Waals surface area contributed by atoms with Gasteiger partial charge in [-0.25, -0.2) is 9.97 Å². The molecular weight excluding hydrogens is 599 g/mol. The zero-order valence-electron chi connectivity index (χ0n) is 25.2. The van der Waals surface area contributed by atoms with Gasteiger partial charge in [0, 0.05) is 23.8 Å². The zero-order chi connectivity index (χ0) is 31.2. The van der Waals surface area contributed by atoms with Crippen molar-refractivity contribution in [3.63, 3.8) is 0 Å². The molecule has 13 heteroatoms. The Morgan fingerprint density at radius 1 is 0.955 bits per heavy atom. The summed E-state index contributed by atoms with van der Waals surface area (Å²) < 4.78 is 0. The fourth-order valence-electron chi connectivity index (χ4n) is 5.54. The maximum atomic E-state index is 13.6. The second-order valence-electron chi connectivity index (χ2n) is 11.7. The highest BCUT2D eigenvalue weighted by Gasteiger charge is 2.33. The quantitative estimate of drug-likeness (QED) is 0.400. The highest BCUT2D eigenvalue weighted by Crippen LogP contribution is 2.27. The lowest BCUT2D eigenvalue weighted by Crippen LogP contribution is -2.49. The minimum Gasteiger partial charge on any atom is -0.351 e. The normalized spacial score (nSPS) is 22.5. The first-order chi connectivity index (χ1) is 21.2. The number of amides is 4. The van der Waals surface area contributed by atoms with Crippen molar-refractivity contribution in [3.8, 4) is 0 Å². The Kier molecular flexibility index (Phi) is 10.4. The fraction of sp³-hybridized carbons (Fsp3) is 0.484. The number of fused-ring (bicyclic) bond motifs is 4. The van der Waals surface area contributed by atoms with Crippen LogP contribution in [0.3, 0.4) is 0 Å². The summed E-state index contributed by atoms with van der Waals surface area (Å²) in [6.07, 6.45) is 2.62. The van der Waals surface area contributed by atoms with E-state index in [-0.39, 0.29) is 53.5 Å². The van der Waals surface area contributed by atoms with Crippen LogP contribution in [0.15, 0.2) is 41.1 Å². The lowest BCUT2D eigenvalue weighted by Gasteiger charge is -2.29. The van der Waals surface area contributed by atoms with E-state index in [0.717, 1.165) is 24.9 Å². The molecule has 2 aliphatic rings. The molecule has 4 amide bonds. The van der Waals surface area contributed by atoms with E-state index in [9.17, 15) is 19.2 Å². The first kappa shape index (κ1) is 31.7. The number of carbonyl (C=O) groups excluding carboxylic acids is 4. The molecule has 1 saturated heterocycles. The summed E-state index contributed by atoms with van der Waals surface area (Å²) in [4.78, 5) is 66.3. The van der Waals surface area contributed by atoms with Gasteiger partial charge in [0.1, 0.15) is 21.4 Å². The van der Waals surface area contributed by atoms with E-state index in [1.807, 2.05) is 56.1 Å². The number of rotatable bonds is 4. The van der Waals surface area contributed by atoms with Gasteiger partial charge in [0.2, 0.25) is 11.8 Å². The molecule has 0 spiro atoms. The first-order valence-electron chi connectivity index (χ1n) is 15.0. The minimum atomic E-state index is -0.494. The van der Waals surface area contributed by atoms with Gasteiger partial charge in [0.25, 0.3) is 11.8 Å². The van der Waals surface area contributed by atoms with E-state index < -0.39 is 12.1 Å². The third-order valence-corrected chi connectivity index (χ3v) is 9.87. The number of hydrogen-bond donors (Lipinski definition) is 3. The molecule has 2 aromatic heterocycles. The van der Waals surface area contributed by atoms with Crippen LogP contribution < -0.4 is 16.0 Å². The molecular formula is C31H39N7O4S2. The van der Waals surface area contributed by atoms with Crippen LogP contribution in [-0.2, 0) is 16.0 Å². The molecule has 3 atom stereocenters. The number of aromatic nitrogens is 2. The fourth-order valence-corrected chi connectivity index (χ4v) is 7.41. The van der Waals surface area contributed by atoms with Crippen LogP contribution in [0.2, 0.25) is 0 Å². The number of likely N-dealkylation sites (N-methyl/N-ethyl adjacent to an activating group) is 1. The Labute approximate surface area is 265 Å². The summed E-state index contributed by atoms with van der Waals surface area (Å²) in [5, 5.41) is 13.7. The van der Waals surface area contributed by atoms with Gasteiger partial charge in [0.15, 0.2) is 0 Å². The molecule has 4 bridgehead atoms. The van der Waals surface area contributed by atoms with Crippen molar-refractivity contribution in [1.82, 2.24) is 35.7 Å². The van der Waals surface area contributed by atoms with Crippen molar-refractivity contribution in [2.24, 2.45) is 5.92 Å². The van der Waals surface area contributed by atoms with Crippen LogP contribution in [0, 0.1) is 5.92 Å². The van der Waals surface area contributed by atoms with E-state index in [0.29, 0.717) is 35.9 Å².